The topological polar surface area (TPSA) is 56.8 Å². The van der Waals surface area contributed by atoms with Crippen LogP contribution in [0.3, 0.4) is 0 Å². The summed E-state index contributed by atoms with van der Waals surface area (Å²) < 4.78 is 16.4. The molecule has 0 radical (unpaired) electrons. The molecule has 0 aliphatic carbocycles. The maximum absolute atomic E-state index is 12.3. The predicted molar refractivity (Wildman–Crippen MR) is 95.3 cm³/mol. The number of para-hydroxylation sites is 1. The summed E-state index contributed by atoms with van der Waals surface area (Å²) in [5, 5.41) is 2.96. The fraction of sp³-hybridized carbons (Fsp3) is 0.350. The van der Waals surface area contributed by atoms with Crippen LogP contribution in [0.1, 0.15) is 30.4 Å². The molecule has 5 heteroatoms. The Bertz CT molecular complexity index is 744. The average Bonchev–Trinajstić information content (AvgIpc) is 2.66. The molecule has 1 heterocycles. The molecule has 0 saturated carbocycles. The molecule has 1 unspecified atom stereocenters. The number of benzene rings is 2. The molecule has 0 aromatic heterocycles. The van der Waals surface area contributed by atoms with E-state index < -0.39 is 0 Å². The number of fused-ring (bicyclic) bond motifs is 1. The fourth-order valence-electron chi connectivity index (χ4n) is 2.88. The third-order valence-electron chi connectivity index (χ3n) is 4.30. The predicted octanol–water partition coefficient (Wildman–Crippen LogP) is 3.28. The van der Waals surface area contributed by atoms with E-state index in [1.807, 2.05) is 49.4 Å². The first-order valence-electron chi connectivity index (χ1n) is 8.45. The molecule has 2 aromatic carbocycles. The molecule has 5 nitrogen and oxygen atoms in total. The Labute approximate surface area is 147 Å². The maximum atomic E-state index is 12.3. The summed E-state index contributed by atoms with van der Waals surface area (Å²) in [7, 11) is 1.63. The highest BCUT2D eigenvalue weighted by molar-refractivity contribution is 5.77. The Hall–Kier alpha value is -2.69. The van der Waals surface area contributed by atoms with Gasteiger partial charge in [-0.3, -0.25) is 4.79 Å². The van der Waals surface area contributed by atoms with Crippen LogP contribution in [-0.2, 0) is 11.3 Å². The minimum absolute atomic E-state index is 0.00768. The molecule has 132 valence electrons. The molecular formula is C20H23NO4. The van der Waals surface area contributed by atoms with Gasteiger partial charge in [0, 0.05) is 18.5 Å². The molecule has 0 fully saturated rings. The van der Waals surface area contributed by atoms with E-state index in [0.717, 1.165) is 28.4 Å². The number of carbonyl (C=O) groups is 1. The first-order chi connectivity index (χ1) is 12.2. The number of hydrogen-bond donors (Lipinski definition) is 1. The number of ether oxygens (including phenoxy) is 3. The Balaban J connectivity index is 1.57. The van der Waals surface area contributed by atoms with Crippen LogP contribution in [0, 0.1) is 0 Å². The van der Waals surface area contributed by atoms with Gasteiger partial charge in [-0.15, -0.1) is 0 Å². The molecule has 0 bridgehead atoms. The van der Waals surface area contributed by atoms with Crippen LogP contribution >= 0.6 is 0 Å². The molecule has 1 amide bonds. The monoisotopic (exact) mass is 341 g/mol. The second kappa shape index (κ2) is 7.92. The van der Waals surface area contributed by atoms with Crippen LogP contribution in [0.2, 0.25) is 0 Å². The zero-order chi connectivity index (χ0) is 17.6. The number of hydrogen-bond acceptors (Lipinski definition) is 4. The lowest BCUT2D eigenvalue weighted by atomic mass is 9.97. The van der Waals surface area contributed by atoms with E-state index in [4.69, 9.17) is 14.2 Å². The first kappa shape index (κ1) is 17.1. The first-order valence-corrected chi connectivity index (χ1v) is 8.45. The van der Waals surface area contributed by atoms with Crippen LogP contribution < -0.4 is 19.5 Å². The van der Waals surface area contributed by atoms with Crippen molar-refractivity contribution in [2.75, 3.05) is 20.3 Å². The van der Waals surface area contributed by atoms with Gasteiger partial charge in [-0.2, -0.15) is 0 Å². The summed E-state index contributed by atoms with van der Waals surface area (Å²) in [4.78, 5) is 12.3. The zero-order valence-corrected chi connectivity index (χ0v) is 14.6. The van der Waals surface area contributed by atoms with Crippen molar-refractivity contribution in [1.29, 1.82) is 0 Å². The Morgan fingerprint density at radius 1 is 1.16 bits per heavy atom. The number of methoxy groups -OCH3 is 1. The van der Waals surface area contributed by atoms with Crippen molar-refractivity contribution in [1.82, 2.24) is 5.32 Å². The maximum Gasteiger partial charge on any atom is 0.220 e. The minimum atomic E-state index is 0.00768. The van der Waals surface area contributed by atoms with Crippen molar-refractivity contribution >= 4 is 5.91 Å². The van der Waals surface area contributed by atoms with E-state index in [1.54, 1.807) is 7.11 Å². The summed E-state index contributed by atoms with van der Waals surface area (Å²) in [5.41, 5.74) is 2.03. The van der Waals surface area contributed by atoms with Gasteiger partial charge in [0.15, 0.2) is 11.5 Å². The molecule has 2 aromatic rings. The fourth-order valence-corrected chi connectivity index (χ4v) is 2.88. The van der Waals surface area contributed by atoms with Crippen molar-refractivity contribution in [3.63, 3.8) is 0 Å². The summed E-state index contributed by atoms with van der Waals surface area (Å²) in [6.07, 6.45) is 0.412. The van der Waals surface area contributed by atoms with Gasteiger partial charge in [0.05, 0.1) is 7.11 Å². The van der Waals surface area contributed by atoms with Gasteiger partial charge in [0.1, 0.15) is 19.0 Å². The Morgan fingerprint density at radius 2 is 1.92 bits per heavy atom. The van der Waals surface area contributed by atoms with Gasteiger partial charge in [-0.05, 0) is 29.7 Å². The normalized spacial score (nSPS) is 13.8. The second-order valence-electron chi connectivity index (χ2n) is 6.10. The molecule has 1 N–H and O–H groups in total. The van der Waals surface area contributed by atoms with Gasteiger partial charge in [-0.25, -0.2) is 0 Å². The number of nitrogens with one attached hydrogen (secondary N) is 1. The van der Waals surface area contributed by atoms with Gasteiger partial charge < -0.3 is 19.5 Å². The van der Waals surface area contributed by atoms with Crippen LogP contribution in [0.15, 0.2) is 42.5 Å². The largest absolute Gasteiger partial charge is 0.496 e. The molecule has 25 heavy (non-hydrogen) atoms. The lowest BCUT2D eigenvalue weighted by Crippen LogP contribution is -2.24. The Kier molecular flexibility index (Phi) is 5.43. The Morgan fingerprint density at radius 3 is 2.72 bits per heavy atom. The summed E-state index contributed by atoms with van der Waals surface area (Å²) >= 11 is 0. The SMILES string of the molecule is COc1ccccc1CNC(=O)CC(C)c1ccc2c(c1)OCCO2. The van der Waals surface area contributed by atoms with E-state index >= 15 is 0 Å². The highest BCUT2D eigenvalue weighted by Gasteiger charge is 2.16. The third kappa shape index (κ3) is 4.24. The van der Waals surface area contributed by atoms with E-state index in [9.17, 15) is 4.79 Å². The lowest BCUT2D eigenvalue weighted by Gasteiger charge is -2.20. The van der Waals surface area contributed by atoms with Crippen LogP contribution in [-0.4, -0.2) is 26.2 Å². The molecule has 1 aliphatic heterocycles. The van der Waals surface area contributed by atoms with Crippen LogP contribution in [0.25, 0.3) is 0 Å². The van der Waals surface area contributed by atoms with E-state index in [0.29, 0.717) is 26.2 Å². The van der Waals surface area contributed by atoms with Gasteiger partial charge in [0.25, 0.3) is 0 Å². The van der Waals surface area contributed by atoms with Crippen LogP contribution in [0.4, 0.5) is 0 Å². The molecule has 3 rings (SSSR count). The van der Waals surface area contributed by atoms with Gasteiger partial charge >= 0.3 is 0 Å². The van der Waals surface area contributed by atoms with Gasteiger partial charge in [-0.1, -0.05) is 31.2 Å². The van der Waals surface area contributed by atoms with Crippen molar-refractivity contribution in [3.05, 3.63) is 53.6 Å². The summed E-state index contributed by atoms with van der Waals surface area (Å²) in [5.74, 6) is 2.40. The van der Waals surface area contributed by atoms with Crippen molar-refractivity contribution in [2.24, 2.45) is 0 Å². The van der Waals surface area contributed by atoms with Crippen molar-refractivity contribution in [2.45, 2.75) is 25.8 Å². The molecule has 1 aliphatic rings. The van der Waals surface area contributed by atoms with Crippen LogP contribution in [0.5, 0.6) is 17.2 Å². The number of amides is 1. The molecular weight excluding hydrogens is 318 g/mol. The van der Waals surface area contributed by atoms with E-state index in [2.05, 4.69) is 5.32 Å². The summed E-state index contributed by atoms with van der Waals surface area (Å²) in [6, 6.07) is 13.5. The molecule has 0 spiro atoms. The van der Waals surface area contributed by atoms with Crippen molar-refractivity contribution in [3.8, 4) is 17.2 Å². The van der Waals surface area contributed by atoms with Gasteiger partial charge in [0.2, 0.25) is 5.91 Å². The second-order valence-corrected chi connectivity index (χ2v) is 6.10. The van der Waals surface area contributed by atoms with E-state index in [1.165, 1.54) is 0 Å². The third-order valence-corrected chi connectivity index (χ3v) is 4.30. The summed E-state index contributed by atoms with van der Waals surface area (Å²) in [6.45, 7) is 3.63. The minimum Gasteiger partial charge on any atom is -0.496 e. The quantitative estimate of drug-likeness (QED) is 0.876. The zero-order valence-electron chi connectivity index (χ0n) is 14.6. The average molecular weight is 341 g/mol. The highest BCUT2D eigenvalue weighted by atomic mass is 16.6. The molecule has 0 saturated heterocycles. The molecule has 1 atom stereocenters. The van der Waals surface area contributed by atoms with Crippen molar-refractivity contribution < 1.29 is 19.0 Å². The number of rotatable bonds is 6. The van der Waals surface area contributed by atoms with E-state index in [-0.39, 0.29) is 11.8 Å². The standard InChI is InChI=1S/C20H23NO4/c1-14(15-7-8-18-19(12-15)25-10-9-24-18)11-20(22)21-13-16-5-3-4-6-17(16)23-2/h3-8,12,14H,9-11,13H2,1-2H3,(H,21,22). The smallest absolute Gasteiger partial charge is 0.220 e. The highest BCUT2D eigenvalue weighted by Crippen LogP contribution is 2.33. The lowest BCUT2D eigenvalue weighted by molar-refractivity contribution is -0.121. The number of carbonyl (C=O) groups excluding carboxylic acids is 1.